The molecule has 6 nitrogen and oxygen atoms in total. The maximum Gasteiger partial charge on any atom is 0.174 e. The van der Waals surface area contributed by atoms with E-state index in [1.165, 1.54) is 0 Å². The number of nitrogens with zero attached hydrogens (tertiary/aromatic N) is 5. The number of hydrogen-bond acceptors (Lipinski definition) is 5. The largest absolute Gasteiger partial charge is 0.388 e. The summed E-state index contributed by atoms with van der Waals surface area (Å²) in [4.78, 5) is 10.9. The van der Waals surface area contributed by atoms with Crippen molar-refractivity contribution in [2.75, 3.05) is 18.0 Å². The van der Waals surface area contributed by atoms with Crippen LogP contribution in [0.1, 0.15) is 24.7 Å². The molecule has 1 aliphatic rings. The lowest BCUT2D eigenvalue weighted by atomic mass is 10.1. The van der Waals surface area contributed by atoms with Gasteiger partial charge in [0, 0.05) is 18.8 Å². The van der Waals surface area contributed by atoms with Crippen LogP contribution in [0.3, 0.4) is 0 Å². The third kappa shape index (κ3) is 2.38. The summed E-state index contributed by atoms with van der Waals surface area (Å²) in [6.07, 6.45) is 4.19. The Kier molecular flexibility index (Phi) is 2.97. The molecule has 1 fully saturated rings. The second-order valence-corrected chi connectivity index (χ2v) is 5.74. The molecule has 0 bridgehead atoms. The highest BCUT2D eigenvalue weighted by Crippen LogP contribution is 2.25. The lowest BCUT2D eigenvalue weighted by Crippen LogP contribution is -2.30. The van der Waals surface area contributed by atoms with E-state index in [0.717, 1.165) is 30.2 Å². The molecular formula is C14H19N5O. The van der Waals surface area contributed by atoms with Gasteiger partial charge in [-0.15, -0.1) is 0 Å². The molecule has 0 spiro atoms. The molecule has 20 heavy (non-hydrogen) atoms. The molecule has 0 aliphatic carbocycles. The highest BCUT2D eigenvalue weighted by Gasteiger charge is 2.32. The van der Waals surface area contributed by atoms with Crippen LogP contribution < -0.4 is 4.90 Å². The summed E-state index contributed by atoms with van der Waals surface area (Å²) < 4.78 is 1.79. The molecular weight excluding hydrogens is 254 g/mol. The normalized spacial score (nSPS) is 22.5. The molecule has 106 valence electrons. The van der Waals surface area contributed by atoms with Crippen LogP contribution in [0.25, 0.3) is 5.82 Å². The van der Waals surface area contributed by atoms with E-state index >= 15 is 0 Å². The average molecular weight is 273 g/mol. The number of aryl methyl sites for hydroxylation is 2. The first-order chi connectivity index (χ1) is 9.44. The van der Waals surface area contributed by atoms with Crippen LogP contribution in [0.2, 0.25) is 0 Å². The Morgan fingerprint density at radius 1 is 1.25 bits per heavy atom. The molecule has 1 saturated heterocycles. The van der Waals surface area contributed by atoms with Gasteiger partial charge in [0.1, 0.15) is 5.82 Å². The predicted octanol–water partition coefficient (Wildman–Crippen LogP) is 1.24. The minimum absolute atomic E-state index is 0.586. The molecule has 1 aliphatic heterocycles. The van der Waals surface area contributed by atoms with Crippen LogP contribution in [-0.2, 0) is 0 Å². The quantitative estimate of drug-likeness (QED) is 0.891. The summed E-state index contributed by atoms with van der Waals surface area (Å²) in [5.41, 5.74) is 1.34. The monoisotopic (exact) mass is 273 g/mol. The molecule has 1 unspecified atom stereocenters. The summed E-state index contributed by atoms with van der Waals surface area (Å²) in [6.45, 7) is 7.18. The van der Waals surface area contributed by atoms with E-state index in [1.807, 2.05) is 26.8 Å². The topological polar surface area (TPSA) is 67.1 Å². The number of β-amino-alcohol motifs (C(OH)–C–C–N with tert-alkyl or cyclic N) is 1. The van der Waals surface area contributed by atoms with Gasteiger partial charge in [0.05, 0.1) is 23.7 Å². The zero-order valence-corrected chi connectivity index (χ0v) is 12.0. The van der Waals surface area contributed by atoms with Crippen molar-refractivity contribution in [2.45, 2.75) is 32.8 Å². The van der Waals surface area contributed by atoms with E-state index in [0.29, 0.717) is 12.4 Å². The maximum absolute atomic E-state index is 10.1. The third-order valence-electron chi connectivity index (χ3n) is 3.61. The average Bonchev–Trinajstić information content (AvgIpc) is 2.92. The molecule has 2 aromatic heterocycles. The summed E-state index contributed by atoms with van der Waals surface area (Å²) in [6, 6.07) is 2.01. The second kappa shape index (κ2) is 4.56. The first-order valence-corrected chi connectivity index (χ1v) is 6.78. The van der Waals surface area contributed by atoms with E-state index in [-0.39, 0.29) is 0 Å². The number of hydrogen-bond donors (Lipinski definition) is 1. The van der Waals surface area contributed by atoms with Gasteiger partial charge < -0.3 is 10.0 Å². The minimum atomic E-state index is -0.643. The molecule has 3 heterocycles. The fourth-order valence-corrected chi connectivity index (χ4v) is 2.60. The van der Waals surface area contributed by atoms with Crippen molar-refractivity contribution in [1.82, 2.24) is 19.7 Å². The van der Waals surface area contributed by atoms with E-state index in [9.17, 15) is 5.11 Å². The molecule has 6 heteroatoms. The molecule has 0 radical (unpaired) electrons. The SMILES string of the molecule is Cc1cc(C)n(-c2cncc(N3CCC(C)(O)C3)n2)n1. The summed E-state index contributed by atoms with van der Waals surface area (Å²) in [5.74, 6) is 1.49. The van der Waals surface area contributed by atoms with Crippen molar-refractivity contribution in [1.29, 1.82) is 0 Å². The molecule has 0 amide bonds. The van der Waals surface area contributed by atoms with Crippen molar-refractivity contribution in [3.63, 3.8) is 0 Å². The third-order valence-corrected chi connectivity index (χ3v) is 3.61. The van der Waals surface area contributed by atoms with Crippen LogP contribution in [0.4, 0.5) is 5.82 Å². The van der Waals surface area contributed by atoms with Crippen LogP contribution in [0.5, 0.6) is 0 Å². The first kappa shape index (κ1) is 13.1. The van der Waals surface area contributed by atoms with Gasteiger partial charge in [-0.25, -0.2) is 9.67 Å². The van der Waals surface area contributed by atoms with Gasteiger partial charge in [-0.05, 0) is 33.3 Å². The highest BCUT2D eigenvalue weighted by atomic mass is 16.3. The van der Waals surface area contributed by atoms with Gasteiger partial charge in [0.25, 0.3) is 0 Å². The van der Waals surface area contributed by atoms with Gasteiger partial charge >= 0.3 is 0 Å². The Labute approximate surface area is 118 Å². The van der Waals surface area contributed by atoms with Gasteiger partial charge in [-0.1, -0.05) is 0 Å². The lowest BCUT2D eigenvalue weighted by molar-refractivity contribution is 0.0839. The van der Waals surface area contributed by atoms with Crippen molar-refractivity contribution in [3.8, 4) is 5.82 Å². The number of anilines is 1. The smallest absolute Gasteiger partial charge is 0.174 e. The van der Waals surface area contributed by atoms with Crippen molar-refractivity contribution in [3.05, 3.63) is 29.8 Å². The van der Waals surface area contributed by atoms with Crippen molar-refractivity contribution in [2.24, 2.45) is 0 Å². The van der Waals surface area contributed by atoms with Gasteiger partial charge in [-0.2, -0.15) is 5.10 Å². The van der Waals surface area contributed by atoms with Crippen LogP contribution in [-0.4, -0.2) is 43.5 Å². The Balaban J connectivity index is 1.92. The van der Waals surface area contributed by atoms with Gasteiger partial charge in [0.2, 0.25) is 0 Å². The molecule has 2 aromatic rings. The van der Waals surface area contributed by atoms with Crippen LogP contribution in [0, 0.1) is 13.8 Å². The molecule has 1 N–H and O–H groups in total. The Morgan fingerprint density at radius 2 is 2.00 bits per heavy atom. The van der Waals surface area contributed by atoms with Crippen LogP contribution >= 0.6 is 0 Å². The van der Waals surface area contributed by atoms with Crippen LogP contribution in [0.15, 0.2) is 18.5 Å². The predicted molar refractivity (Wildman–Crippen MR) is 76.1 cm³/mol. The fourth-order valence-electron chi connectivity index (χ4n) is 2.60. The Morgan fingerprint density at radius 3 is 2.60 bits per heavy atom. The van der Waals surface area contributed by atoms with E-state index in [1.54, 1.807) is 17.1 Å². The molecule has 0 saturated carbocycles. The molecule has 1 atom stereocenters. The maximum atomic E-state index is 10.1. The summed E-state index contributed by atoms with van der Waals surface area (Å²) >= 11 is 0. The number of aliphatic hydroxyl groups is 1. The molecule has 3 rings (SSSR count). The van der Waals surface area contributed by atoms with E-state index in [2.05, 4.69) is 20.0 Å². The Bertz CT molecular complexity index is 634. The highest BCUT2D eigenvalue weighted by molar-refractivity contribution is 5.41. The Hall–Kier alpha value is -1.95. The zero-order valence-electron chi connectivity index (χ0n) is 12.0. The first-order valence-electron chi connectivity index (χ1n) is 6.78. The standard InChI is InChI=1S/C14H19N5O/c1-10-6-11(2)19(17-10)13-8-15-7-12(16-13)18-5-4-14(3,20)9-18/h6-8,20H,4-5,9H2,1-3H3. The van der Waals surface area contributed by atoms with Gasteiger partial charge in [-0.3, -0.25) is 4.98 Å². The minimum Gasteiger partial charge on any atom is -0.388 e. The molecule has 0 aromatic carbocycles. The number of aromatic nitrogens is 4. The number of rotatable bonds is 2. The summed E-state index contributed by atoms with van der Waals surface area (Å²) in [5, 5.41) is 14.5. The second-order valence-electron chi connectivity index (χ2n) is 5.74. The fraction of sp³-hybridized carbons (Fsp3) is 0.500. The zero-order chi connectivity index (χ0) is 14.3. The van der Waals surface area contributed by atoms with Crippen molar-refractivity contribution < 1.29 is 5.11 Å². The van der Waals surface area contributed by atoms with E-state index in [4.69, 9.17) is 0 Å². The van der Waals surface area contributed by atoms with Crippen molar-refractivity contribution >= 4 is 5.82 Å². The lowest BCUT2D eigenvalue weighted by Gasteiger charge is -2.19. The summed E-state index contributed by atoms with van der Waals surface area (Å²) in [7, 11) is 0. The van der Waals surface area contributed by atoms with E-state index < -0.39 is 5.60 Å². The van der Waals surface area contributed by atoms with Gasteiger partial charge in [0.15, 0.2) is 5.82 Å².